The van der Waals surface area contributed by atoms with Gasteiger partial charge in [-0.2, -0.15) is 0 Å². The molecule has 0 atom stereocenters. The van der Waals surface area contributed by atoms with Gasteiger partial charge in [-0.05, 0) is 25.7 Å². The first-order valence-corrected chi connectivity index (χ1v) is 11.2. The van der Waals surface area contributed by atoms with E-state index in [1.165, 1.54) is 107 Å². The second-order valence-corrected chi connectivity index (χ2v) is 7.98. The summed E-state index contributed by atoms with van der Waals surface area (Å²) >= 11 is 0. The molecule has 2 heteroatoms. The second kappa shape index (κ2) is 16.6. The lowest BCUT2D eigenvalue weighted by Gasteiger charge is -2.39. The fourth-order valence-electron chi connectivity index (χ4n) is 4.25. The van der Waals surface area contributed by atoms with Crippen molar-refractivity contribution in [3.63, 3.8) is 0 Å². The Balaban J connectivity index is 0.00000625. The molecule has 0 bridgehead atoms. The minimum Gasteiger partial charge on any atom is -1.00 e. The van der Waals surface area contributed by atoms with Crippen LogP contribution >= 0.6 is 0 Å². The molecule has 0 unspecified atom stereocenters. The molecule has 0 N–H and O–H groups in total. The predicted molar refractivity (Wildman–Crippen MR) is 113 cm³/mol. The molecule has 0 spiro atoms. The van der Waals surface area contributed by atoms with Gasteiger partial charge in [-0.1, -0.05) is 96.0 Å². The molecule has 0 fully saturated rings. The number of unbranched alkanes of at least 4 members (excludes halogenated alkanes) is 8. The molecule has 0 aromatic heterocycles. The van der Waals surface area contributed by atoms with E-state index in [-0.39, 0.29) is 12.4 Å². The summed E-state index contributed by atoms with van der Waals surface area (Å²) in [5, 5.41) is 0. The van der Waals surface area contributed by atoms with Crippen molar-refractivity contribution in [3.05, 3.63) is 35.9 Å². The highest BCUT2D eigenvalue weighted by molar-refractivity contribution is 5.13. The van der Waals surface area contributed by atoms with Crippen LogP contribution in [0.5, 0.6) is 0 Å². The first-order chi connectivity index (χ1) is 12.3. The summed E-state index contributed by atoms with van der Waals surface area (Å²) in [7, 11) is 0. The lowest BCUT2D eigenvalue weighted by molar-refractivity contribution is -0.941. The average molecular weight is 382 g/mol. The summed E-state index contributed by atoms with van der Waals surface area (Å²) in [6.07, 6.45) is 15.4. The van der Waals surface area contributed by atoms with Gasteiger partial charge in [-0.25, -0.2) is 0 Å². The molecule has 0 heterocycles. The van der Waals surface area contributed by atoms with Crippen molar-refractivity contribution in [3.8, 4) is 0 Å². The van der Waals surface area contributed by atoms with Crippen LogP contribution in [0.1, 0.15) is 97.0 Å². The number of benzene rings is 1. The Labute approximate surface area is 170 Å². The maximum absolute atomic E-state index is 2.35. The van der Waals surface area contributed by atoms with E-state index >= 15 is 0 Å². The second-order valence-electron chi connectivity index (χ2n) is 7.98. The zero-order chi connectivity index (χ0) is 18.2. The fourth-order valence-corrected chi connectivity index (χ4v) is 4.25. The first-order valence-electron chi connectivity index (χ1n) is 11.2. The van der Waals surface area contributed by atoms with Crippen molar-refractivity contribution >= 4 is 0 Å². The summed E-state index contributed by atoms with van der Waals surface area (Å²) in [4.78, 5) is 0. The van der Waals surface area contributed by atoms with Crippen LogP contribution in [0.25, 0.3) is 0 Å². The quantitative estimate of drug-likeness (QED) is 0.295. The maximum Gasteiger partial charge on any atom is 0.104 e. The lowest BCUT2D eigenvalue weighted by Crippen LogP contribution is -3.00. The Morgan fingerprint density at radius 3 is 1.58 bits per heavy atom. The van der Waals surface area contributed by atoms with Crippen LogP contribution in [-0.4, -0.2) is 24.1 Å². The molecule has 152 valence electrons. The van der Waals surface area contributed by atoms with E-state index in [2.05, 4.69) is 51.1 Å². The highest BCUT2D eigenvalue weighted by Gasteiger charge is 2.25. The Bertz CT molecular complexity index is 398. The van der Waals surface area contributed by atoms with E-state index in [9.17, 15) is 0 Å². The molecule has 26 heavy (non-hydrogen) atoms. The lowest BCUT2D eigenvalue weighted by atomic mass is 10.1. The van der Waals surface area contributed by atoms with Crippen molar-refractivity contribution in [2.24, 2.45) is 0 Å². The topological polar surface area (TPSA) is 0 Å². The van der Waals surface area contributed by atoms with E-state index in [1.54, 1.807) is 0 Å². The van der Waals surface area contributed by atoms with Gasteiger partial charge in [0, 0.05) is 5.56 Å². The molecule has 0 radical (unpaired) electrons. The van der Waals surface area contributed by atoms with Crippen LogP contribution in [0, 0.1) is 0 Å². The number of quaternary nitrogens is 1. The molecule has 0 saturated heterocycles. The maximum atomic E-state index is 2.35. The summed E-state index contributed by atoms with van der Waals surface area (Å²) in [5.74, 6) is 0. The van der Waals surface area contributed by atoms with Gasteiger partial charge in [0.05, 0.1) is 19.6 Å². The molecular weight excluding hydrogens is 338 g/mol. The molecule has 1 aromatic carbocycles. The van der Waals surface area contributed by atoms with E-state index in [0.29, 0.717) is 0 Å². The third-order valence-corrected chi connectivity index (χ3v) is 5.49. The standard InChI is InChI=1S/C24H44N.ClH/c1-4-7-8-9-10-11-12-13-17-22-25(20-5-2,21-6-3)23-24-18-15-14-16-19-24;/h14-16,18-19H,4-13,17,20-23H2,1-3H3;1H/q+1;/p-1. The Kier molecular flexibility index (Phi) is 16.3. The van der Waals surface area contributed by atoms with Crippen LogP contribution in [0.2, 0.25) is 0 Å². The van der Waals surface area contributed by atoms with E-state index in [0.717, 1.165) is 0 Å². The predicted octanol–water partition coefficient (Wildman–Crippen LogP) is 4.36. The molecular formula is C24H44ClN. The number of nitrogens with zero attached hydrogens (tertiary/aromatic N) is 1. The van der Waals surface area contributed by atoms with Crippen LogP contribution in [-0.2, 0) is 6.54 Å². The largest absolute Gasteiger partial charge is 1.00 e. The monoisotopic (exact) mass is 381 g/mol. The summed E-state index contributed by atoms with van der Waals surface area (Å²) in [6.45, 7) is 12.3. The fraction of sp³-hybridized carbons (Fsp3) is 0.750. The summed E-state index contributed by atoms with van der Waals surface area (Å²) in [5.41, 5.74) is 1.51. The minimum absolute atomic E-state index is 0. The summed E-state index contributed by atoms with van der Waals surface area (Å²) in [6, 6.07) is 11.2. The zero-order valence-electron chi connectivity index (χ0n) is 17.8. The SMILES string of the molecule is CCCCCCCCCCC[N+](CCC)(CCC)Cc1ccccc1.[Cl-]. The number of hydrogen-bond donors (Lipinski definition) is 0. The van der Waals surface area contributed by atoms with E-state index < -0.39 is 0 Å². The highest BCUT2D eigenvalue weighted by atomic mass is 35.5. The third kappa shape index (κ3) is 11.2. The van der Waals surface area contributed by atoms with Crippen molar-refractivity contribution < 1.29 is 16.9 Å². The van der Waals surface area contributed by atoms with Crippen molar-refractivity contribution in [1.29, 1.82) is 0 Å². The number of halogens is 1. The number of rotatable bonds is 16. The van der Waals surface area contributed by atoms with Crippen molar-refractivity contribution in [2.45, 2.75) is 97.9 Å². The zero-order valence-corrected chi connectivity index (χ0v) is 18.6. The van der Waals surface area contributed by atoms with Gasteiger partial charge in [0.25, 0.3) is 0 Å². The van der Waals surface area contributed by atoms with Gasteiger partial charge < -0.3 is 16.9 Å². The molecule has 1 aromatic rings. The molecule has 0 aliphatic heterocycles. The van der Waals surface area contributed by atoms with Gasteiger partial charge in [0.1, 0.15) is 6.54 Å². The van der Waals surface area contributed by atoms with Gasteiger partial charge >= 0.3 is 0 Å². The number of hydrogen-bond acceptors (Lipinski definition) is 0. The van der Waals surface area contributed by atoms with Crippen LogP contribution in [0.15, 0.2) is 30.3 Å². The van der Waals surface area contributed by atoms with E-state index in [4.69, 9.17) is 0 Å². The van der Waals surface area contributed by atoms with Gasteiger partial charge in [-0.15, -0.1) is 0 Å². The summed E-state index contributed by atoms with van der Waals surface area (Å²) < 4.78 is 1.30. The molecule has 0 amide bonds. The van der Waals surface area contributed by atoms with Crippen molar-refractivity contribution in [2.75, 3.05) is 19.6 Å². The molecule has 0 saturated carbocycles. The normalized spacial score (nSPS) is 11.3. The molecule has 1 rings (SSSR count). The first kappa shape index (κ1) is 25.5. The van der Waals surface area contributed by atoms with Crippen LogP contribution < -0.4 is 12.4 Å². The smallest absolute Gasteiger partial charge is 0.104 e. The van der Waals surface area contributed by atoms with Gasteiger partial charge in [0.2, 0.25) is 0 Å². The van der Waals surface area contributed by atoms with E-state index in [1.807, 2.05) is 0 Å². The average Bonchev–Trinajstić information content (AvgIpc) is 2.62. The van der Waals surface area contributed by atoms with Crippen LogP contribution in [0.3, 0.4) is 0 Å². The highest BCUT2D eigenvalue weighted by Crippen LogP contribution is 2.19. The van der Waals surface area contributed by atoms with Gasteiger partial charge in [0.15, 0.2) is 0 Å². The molecule has 1 nitrogen and oxygen atoms in total. The molecule has 0 aliphatic rings. The Morgan fingerprint density at radius 1 is 0.577 bits per heavy atom. The van der Waals surface area contributed by atoms with Crippen molar-refractivity contribution in [1.82, 2.24) is 0 Å². The minimum atomic E-state index is 0. The Morgan fingerprint density at radius 2 is 1.08 bits per heavy atom. The van der Waals surface area contributed by atoms with Gasteiger partial charge in [-0.3, -0.25) is 0 Å². The molecule has 0 aliphatic carbocycles. The third-order valence-electron chi connectivity index (χ3n) is 5.49. The Hall–Kier alpha value is -0.530. The van der Waals surface area contributed by atoms with Crippen LogP contribution in [0.4, 0.5) is 0 Å².